The summed E-state index contributed by atoms with van der Waals surface area (Å²) < 4.78 is 0. The molecule has 1 saturated heterocycles. The van der Waals surface area contributed by atoms with Gasteiger partial charge in [-0.05, 0) is 43.9 Å². The Kier molecular flexibility index (Phi) is 7.57. The molecule has 1 aliphatic carbocycles. The van der Waals surface area contributed by atoms with Gasteiger partial charge in [-0.3, -0.25) is 14.5 Å². The smallest absolute Gasteiger partial charge is 0.253 e. The molecule has 154 valence electrons. The average Bonchev–Trinajstić information content (AvgIpc) is 2.67. The Bertz CT molecular complexity index is 708. The lowest BCUT2D eigenvalue weighted by atomic mass is 9.89. The third kappa shape index (κ3) is 5.60. The van der Waals surface area contributed by atoms with Gasteiger partial charge < -0.3 is 15.7 Å². The Morgan fingerprint density at radius 2 is 1.82 bits per heavy atom. The zero-order valence-corrected chi connectivity index (χ0v) is 17.3. The van der Waals surface area contributed by atoms with Gasteiger partial charge in [-0.25, -0.2) is 0 Å². The van der Waals surface area contributed by atoms with Gasteiger partial charge in [0.05, 0.1) is 23.2 Å². The van der Waals surface area contributed by atoms with Crippen molar-refractivity contribution < 1.29 is 14.7 Å². The van der Waals surface area contributed by atoms with Gasteiger partial charge in [0.1, 0.15) is 0 Å². The fourth-order valence-electron chi connectivity index (χ4n) is 4.10. The molecule has 2 aliphatic rings. The van der Waals surface area contributed by atoms with E-state index in [4.69, 9.17) is 23.2 Å². The van der Waals surface area contributed by atoms with E-state index in [1.165, 1.54) is 18.6 Å². The Hall–Kier alpha value is -1.34. The lowest BCUT2D eigenvalue weighted by molar-refractivity contribution is -0.121. The first-order valence-electron chi connectivity index (χ1n) is 9.89. The van der Waals surface area contributed by atoms with Crippen molar-refractivity contribution in [3.63, 3.8) is 0 Å². The molecule has 8 heteroatoms. The normalized spacial score (nSPS) is 24.0. The number of carbonyl (C=O) groups excluding carboxylic acids is 2. The van der Waals surface area contributed by atoms with E-state index < -0.39 is 5.91 Å². The summed E-state index contributed by atoms with van der Waals surface area (Å²) in [5.41, 5.74) is 0.290. The van der Waals surface area contributed by atoms with Crippen LogP contribution in [0.4, 0.5) is 0 Å². The van der Waals surface area contributed by atoms with Crippen molar-refractivity contribution in [2.24, 2.45) is 0 Å². The van der Waals surface area contributed by atoms with Crippen LogP contribution in [0.3, 0.4) is 0 Å². The quantitative estimate of drug-likeness (QED) is 0.674. The van der Waals surface area contributed by atoms with Crippen LogP contribution in [0.15, 0.2) is 18.2 Å². The predicted molar refractivity (Wildman–Crippen MR) is 110 cm³/mol. The Balaban J connectivity index is 1.40. The number of piperidine rings is 1. The molecular weight excluding hydrogens is 401 g/mol. The van der Waals surface area contributed by atoms with Gasteiger partial charge in [0.15, 0.2) is 0 Å². The molecular formula is C20H27Cl2N3O3. The molecule has 6 nitrogen and oxygen atoms in total. The molecule has 3 N–H and O–H groups in total. The van der Waals surface area contributed by atoms with Crippen molar-refractivity contribution in [2.45, 2.75) is 56.7 Å². The summed E-state index contributed by atoms with van der Waals surface area (Å²) in [6.07, 6.45) is 5.70. The van der Waals surface area contributed by atoms with Crippen molar-refractivity contribution in [1.82, 2.24) is 15.5 Å². The van der Waals surface area contributed by atoms with Crippen LogP contribution in [0.5, 0.6) is 0 Å². The van der Waals surface area contributed by atoms with Gasteiger partial charge in [-0.15, -0.1) is 0 Å². The number of nitrogens with zero attached hydrogens (tertiary/aromatic N) is 1. The topological polar surface area (TPSA) is 81.7 Å². The maximum absolute atomic E-state index is 12.2. The molecule has 2 amide bonds. The minimum atomic E-state index is -0.405. The summed E-state index contributed by atoms with van der Waals surface area (Å²) in [6.45, 7) is 1.65. The maximum Gasteiger partial charge on any atom is 0.253 e. The van der Waals surface area contributed by atoms with E-state index >= 15 is 0 Å². The molecule has 0 radical (unpaired) electrons. The van der Waals surface area contributed by atoms with E-state index in [0.717, 1.165) is 45.2 Å². The number of amides is 2. The van der Waals surface area contributed by atoms with Crippen LogP contribution >= 0.6 is 23.2 Å². The predicted octanol–water partition coefficient (Wildman–Crippen LogP) is 2.61. The molecule has 1 aliphatic heterocycles. The second-order valence-corrected chi connectivity index (χ2v) is 8.45. The van der Waals surface area contributed by atoms with E-state index in [9.17, 15) is 14.7 Å². The maximum atomic E-state index is 12.2. The molecule has 0 spiro atoms. The summed E-state index contributed by atoms with van der Waals surface area (Å²) in [5, 5.41) is 16.5. The summed E-state index contributed by atoms with van der Waals surface area (Å²) in [4.78, 5) is 26.7. The molecule has 1 aromatic carbocycles. The largest absolute Gasteiger partial charge is 0.391 e. The van der Waals surface area contributed by atoms with E-state index in [-0.39, 0.29) is 35.7 Å². The zero-order valence-electron chi connectivity index (χ0n) is 15.8. The molecule has 0 bridgehead atoms. The van der Waals surface area contributed by atoms with Gasteiger partial charge in [0.25, 0.3) is 5.91 Å². The highest BCUT2D eigenvalue weighted by Gasteiger charge is 2.31. The first-order valence-corrected chi connectivity index (χ1v) is 10.6. The number of rotatable bonds is 5. The molecule has 0 aromatic heterocycles. The number of nitrogens with one attached hydrogen (secondary N) is 2. The number of hydrogen-bond donors (Lipinski definition) is 3. The molecule has 1 heterocycles. The van der Waals surface area contributed by atoms with Crippen LogP contribution in [0.2, 0.25) is 10.0 Å². The number of aliphatic hydroxyl groups excluding tert-OH is 1. The second-order valence-electron chi connectivity index (χ2n) is 7.60. The van der Waals surface area contributed by atoms with Crippen molar-refractivity contribution in [1.29, 1.82) is 0 Å². The van der Waals surface area contributed by atoms with Gasteiger partial charge in [-0.1, -0.05) is 36.0 Å². The van der Waals surface area contributed by atoms with Crippen molar-refractivity contribution in [3.05, 3.63) is 33.8 Å². The highest BCUT2D eigenvalue weighted by atomic mass is 35.5. The van der Waals surface area contributed by atoms with Crippen molar-refractivity contribution in [2.75, 3.05) is 19.6 Å². The highest BCUT2D eigenvalue weighted by molar-refractivity contribution is 6.36. The van der Waals surface area contributed by atoms with Crippen LogP contribution in [0.1, 0.15) is 48.9 Å². The second kappa shape index (κ2) is 9.92. The van der Waals surface area contributed by atoms with Crippen LogP contribution in [0, 0.1) is 0 Å². The number of halogens is 2. The van der Waals surface area contributed by atoms with E-state index in [2.05, 4.69) is 15.5 Å². The monoisotopic (exact) mass is 427 g/mol. The molecule has 1 aromatic rings. The van der Waals surface area contributed by atoms with Crippen LogP contribution in [-0.4, -0.2) is 59.6 Å². The highest BCUT2D eigenvalue weighted by Crippen LogP contribution is 2.26. The lowest BCUT2D eigenvalue weighted by Gasteiger charge is -2.41. The first kappa shape index (κ1) is 21.4. The number of aliphatic hydroxyl groups is 1. The van der Waals surface area contributed by atoms with Gasteiger partial charge >= 0.3 is 0 Å². The summed E-state index contributed by atoms with van der Waals surface area (Å²) >= 11 is 11.8. The van der Waals surface area contributed by atoms with Crippen LogP contribution < -0.4 is 10.6 Å². The number of carbonyl (C=O) groups is 2. The average molecular weight is 428 g/mol. The Labute approximate surface area is 175 Å². The van der Waals surface area contributed by atoms with E-state index in [1.54, 1.807) is 6.07 Å². The third-order valence-corrected chi connectivity index (χ3v) is 6.19. The third-order valence-electron chi connectivity index (χ3n) is 5.64. The SMILES string of the molecule is O=C(CNC(=O)c1ccc(Cl)cc1Cl)NC1CCN(C2CCCCC2O)CC1. The minimum absolute atomic E-state index is 0.0977. The number of benzene rings is 1. The van der Waals surface area contributed by atoms with Gasteiger partial charge in [0.2, 0.25) is 5.91 Å². The fourth-order valence-corrected chi connectivity index (χ4v) is 4.60. The number of likely N-dealkylation sites (tertiary alicyclic amines) is 1. The van der Waals surface area contributed by atoms with Crippen LogP contribution in [-0.2, 0) is 4.79 Å². The summed E-state index contributed by atoms with van der Waals surface area (Å²) in [7, 11) is 0. The number of hydrogen-bond acceptors (Lipinski definition) is 4. The molecule has 2 unspecified atom stereocenters. The van der Waals surface area contributed by atoms with Crippen molar-refractivity contribution in [3.8, 4) is 0 Å². The molecule has 1 saturated carbocycles. The van der Waals surface area contributed by atoms with E-state index in [0.29, 0.717) is 10.6 Å². The first-order chi connectivity index (χ1) is 13.4. The molecule has 28 heavy (non-hydrogen) atoms. The molecule has 2 fully saturated rings. The minimum Gasteiger partial charge on any atom is -0.391 e. The Morgan fingerprint density at radius 1 is 1.11 bits per heavy atom. The van der Waals surface area contributed by atoms with Gasteiger partial charge in [-0.2, -0.15) is 0 Å². The van der Waals surface area contributed by atoms with Crippen LogP contribution in [0.25, 0.3) is 0 Å². The summed E-state index contributed by atoms with van der Waals surface area (Å²) in [6, 6.07) is 4.97. The summed E-state index contributed by atoms with van der Waals surface area (Å²) in [5.74, 6) is -0.618. The molecule has 2 atom stereocenters. The Morgan fingerprint density at radius 3 is 2.50 bits per heavy atom. The van der Waals surface area contributed by atoms with E-state index in [1.807, 2.05) is 0 Å². The molecule has 3 rings (SSSR count). The zero-order chi connectivity index (χ0) is 20.1. The fraction of sp³-hybridized carbons (Fsp3) is 0.600. The lowest BCUT2D eigenvalue weighted by Crippen LogP contribution is -2.53. The standard InChI is InChI=1S/C20H27Cl2N3O3/c21-13-5-6-15(16(22)11-13)20(28)23-12-19(27)24-14-7-9-25(10-8-14)17-3-1-2-4-18(17)26/h5-6,11,14,17-18,26H,1-4,7-10,12H2,(H,23,28)(H,24,27). The van der Waals surface area contributed by atoms with Gasteiger partial charge in [0, 0.05) is 30.2 Å². The van der Waals surface area contributed by atoms with Crippen molar-refractivity contribution >= 4 is 35.0 Å².